The molecule has 0 bridgehead atoms. The second kappa shape index (κ2) is 5.18. The van der Waals surface area contributed by atoms with Crippen LogP contribution in [0, 0.1) is 0 Å². The Bertz CT molecular complexity index is 742. The normalized spacial score (nSPS) is 10.4. The predicted octanol–water partition coefficient (Wildman–Crippen LogP) is 2.97. The Morgan fingerprint density at radius 3 is 2.60 bits per heavy atom. The molecule has 6 heteroatoms. The molecule has 0 radical (unpaired) electrons. The summed E-state index contributed by atoms with van der Waals surface area (Å²) < 4.78 is 0. The number of benzene rings is 1. The van der Waals surface area contributed by atoms with Gasteiger partial charge in [0, 0.05) is 6.20 Å². The third-order valence-corrected chi connectivity index (χ3v) is 3.79. The Labute approximate surface area is 118 Å². The third kappa shape index (κ3) is 2.28. The number of thiazole rings is 1. The summed E-state index contributed by atoms with van der Waals surface area (Å²) in [4.78, 5) is 24.1. The lowest BCUT2D eigenvalue weighted by atomic mass is 10.1. The van der Waals surface area contributed by atoms with E-state index in [0.717, 1.165) is 5.56 Å². The fourth-order valence-corrected chi connectivity index (χ4v) is 2.82. The van der Waals surface area contributed by atoms with Crippen LogP contribution in [-0.4, -0.2) is 26.0 Å². The molecule has 98 valence electrons. The highest BCUT2D eigenvalue weighted by atomic mass is 32.1. The van der Waals surface area contributed by atoms with Gasteiger partial charge in [-0.3, -0.25) is 0 Å². The van der Waals surface area contributed by atoms with E-state index in [4.69, 9.17) is 0 Å². The van der Waals surface area contributed by atoms with Gasteiger partial charge in [0.05, 0.1) is 4.88 Å². The number of carboxylic acid groups (broad SMARTS) is 1. The van der Waals surface area contributed by atoms with Gasteiger partial charge in [0.1, 0.15) is 17.0 Å². The van der Waals surface area contributed by atoms with E-state index in [9.17, 15) is 9.90 Å². The number of hydrogen-bond donors (Lipinski definition) is 1. The average molecular weight is 283 g/mol. The van der Waals surface area contributed by atoms with Crippen molar-refractivity contribution >= 4 is 17.3 Å². The van der Waals surface area contributed by atoms with Gasteiger partial charge >= 0.3 is 5.97 Å². The van der Waals surface area contributed by atoms with Gasteiger partial charge in [-0.05, 0) is 11.6 Å². The Morgan fingerprint density at radius 2 is 1.95 bits per heavy atom. The molecular weight excluding hydrogens is 274 g/mol. The van der Waals surface area contributed by atoms with Crippen molar-refractivity contribution in [3.63, 3.8) is 0 Å². The number of nitrogens with zero attached hydrogens (tertiary/aromatic N) is 3. The van der Waals surface area contributed by atoms with E-state index < -0.39 is 5.97 Å². The lowest BCUT2D eigenvalue weighted by Crippen LogP contribution is -1.98. The minimum Gasteiger partial charge on any atom is -0.476 e. The molecule has 0 aliphatic rings. The van der Waals surface area contributed by atoms with Crippen molar-refractivity contribution < 1.29 is 9.90 Å². The summed E-state index contributed by atoms with van der Waals surface area (Å²) in [6.07, 6.45) is 3.02. The van der Waals surface area contributed by atoms with Crippen molar-refractivity contribution in [1.82, 2.24) is 15.0 Å². The average Bonchev–Trinajstić information content (AvgIpc) is 2.94. The maximum absolute atomic E-state index is 11.4. The van der Waals surface area contributed by atoms with Gasteiger partial charge < -0.3 is 5.11 Å². The number of carbonyl (C=O) groups is 1. The van der Waals surface area contributed by atoms with E-state index in [0.29, 0.717) is 15.6 Å². The molecule has 0 unspecified atom stereocenters. The van der Waals surface area contributed by atoms with E-state index >= 15 is 0 Å². The minimum atomic E-state index is -1.04. The zero-order valence-electron chi connectivity index (χ0n) is 10.2. The fraction of sp³-hybridized carbons (Fsp3) is 0. The summed E-state index contributed by atoms with van der Waals surface area (Å²) in [7, 11) is 0. The molecule has 0 atom stereocenters. The van der Waals surface area contributed by atoms with Crippen LogP contribution in [0.25, 0.3) is 21.1 Å². The van der Waals surface area contributed by atoms with Crippen LogP contribution in [-0.2, 0) is 0 Å². The first kappa shape index (κ1) is 12.4. The first-order chi connectivity index (χ1) is 9.75. The van der Waals surface area contributed by atoms with Gasteiger partial charge in [-0.25, -0.2) is 19.7 Å². The van der Waals surface area contributed by atoms with Crippen LogP contribution < -0.4 is 0 Å². The summed E-state index contributed by atoms with van der Waals surface area (Å²) in [6, 6.07) is 11.1. The largest absolute Gasteiger partial charge is 0.476 e. The fourth-order valence-electron chi connectivity index (χ4n) is 1.78. The highest BCUT2D eigenvalue weighted by Crippen LogP contribution is 2.34. The standard InChI is InChI=1S/C14H9N3O2S/c18-14(19)11-12(9-4-2-1-3-5-9)20-13(17-11)10-6-7-15-8-16-10/h1-8H,(H,18,19). The molecule has 3 aromatic rings. The second-order valence-electron chi connectivity index (χ2n) is 3.96. The highest BCUT2D eigenvalue weighted by Gasteiger charge is 2.19. The molecule has 0 spiro atoms. The Balaban J connectivity index is 2.15. The quantitative estimate of drug-likeness (QED) is 0.799. The summed E-state index contributed by atoms with van der Waals surface area (Å²) in [6.45, 7) is 0. The van der Waals surface area contributed by atoms with Crippen LogP contribution in [0.2, 0.25) is 0 Å². The maximum atomic E-state index is 11.4. The van der Waals surface area contributed by atoms with Crippen molar-refractivity contribution in [3.8, 4) is 21.1 Å². The van der Waals surface area contributed by atoms with Gasteiger partial charge in [0.2, 0.25) is 0 Å². The molecule has 3 rings (SSSR count). The first-order valence-corrected chi connectivity index (χ1v) is 6.63. The van der Waals surface area contributed by atoms with Crippen LogP contribution in [0.15, 0.2) is 48.9 Å². The lowest BCUT2D eigenvalue weighted by molar-refractivity contribution is 0.0692. The summed E-state index contributed by atoms with van der Waals surface area (Å²) in [5.74, 6) is -1.04. The second-order valence-corrected chi connectivity index (χ2v) is 4.96. The van der Waals surface area contributed by atoms with Crippen molar-refractivity contribution in [2.75, 3.05) is 0 Å². The number of carboxylic acids is 1. The van der Waals surface area contributed by atoms with Crippen LogP contribution >= 0.6 is 11.3 Å². The van der Waals surface area contributed by atoms with E-state index in [1.807, 2.05) is 30.3 Å². The van der Waals surface area contributed by atoms with Crippen molar-refractivity contribution in [1.29, 1.82) is 0 Å². The van der Waals surface area contributed by atoms with E-state index in [2.05, 4.69) is 15.0 Å². The monoisotopic (exact) mass is 283 g/mol. The zero-order chi connectivity index (χ0) is 13.9. The molecule has 0 aliphatic carbocycles. The van der Waals surface area contributed by atoms with Gasteiger partial charge in [0.15, 0.2) is 5.69 Å². The summed E-state index contributed by atoms with van der Waals surface area (Å²) in [5, 5.41) is 9.87. The molecule has 2 aromatic heterocycles. The van der Waals surface area contributed by atoms with Crippen molar-refractivity contribution in [3.05, 3.63) is 54.6 Å². The van der Waals surface area contributed by atoms with E-state index in [1.165, 1.54) is 17.7 Å². The number of rotatable bonds is 3. The molecule has 0 amide bonds. The topological polar surface area (TPSA) is 76.0 Å². The summed E-state index contributed by atoms with van der Waals surface area (Å²) >= 11 is 1.31. The SMILES string of the molecule is O=C(O)c1nc(-c2ccncn2)sc1-c1ccccc1. The molecule has 1 aromatic carbocycles. The van der Waals surface area contributed by atoms with Gasteiger partial charge in [-0.15, -0.1) is 11.3 Å². The Morgan fingerprint density at radius 1 is 1.15 bits per heavy atom. The van der Waals surface area contributed by atoms with Crippen LogP contribution in [0.3, 0.4) is 0 Å². The highest BCUT2D eigenvalue weighted by molar-refractivity contribution is 7.18. The zero-order valence-corrected chi connectivity index (χ0v) is 11.0. The molecule has 0 aliphatic heterocycles. The van der Waals surface area contributed by atoms with Crippen LogP contribution in [0.4, 0.5) is 0 Å². The molecule has 20 heavy (non-hydrogen) atoms. The molecule has 2 heterocycles. The summed E-state index contributed by atoms with van der Waals surface area (Å²) in [5.41, 5.74) is 1.51. The molecule has 0 saturated heterocycles. The molecular formula is C14H9N3O2S. The van der Waals surface area contributed by atoms with E-state index in [1.54, 1.807) is 12.3 Å². The smallest absolute Gasteiger partial charge is 0.356 e. The lowest BCUT2D eigenvalue weighted by Gasteiger charge is -1.97. The predicted molar refractivity (Wildman–Crippen MR) is 75.5 cm³/mol. The Kier molecular flexibility index (Phi) is 3.22. The van der Waals surface area contributed by atoms with Gasteiger partial charge in [-0.1, -0.05) is 30.3 Å². The van der Waals surface area contributed by atoms with Crippen molar-refractivity contribution in [2.24, 2.45) is 0 Å². The first-order valence-electron chi connectivity index (χ1n) is 5.81. The minimum absolute atomic E-state index is 0.0508. The molecule has 1 N–H and O–H groups in total. The third-order valence-electron chi connectivity index (χ3n) is 2.67. The van der Waals surface area contributed by atoms with E-state index in [-0.39, 0.29) is 5.69 Å². The van der Waals surface area contributed by atoms with Crippen LogP contribution in [0.5, 0.6) is 0 Å². The molecule has 5 nitrogen and oxygen atoms in total. The molecule has 0 saturated carbocycles. The molecule has 0 fully saturated rings. The maximum Gasteiger partial charge on any atom is 0.356 e. The van der Waals surface area contributed by atoms with Gasteiger partial charge in [-0.2, -0.15) is 0 Å². The Hall–Kier alpha value is -2.60. The van der Waals surface area contributed by atoms with Gasteiger partial charge in [0.25, 0.3) is 0 Å². The van der Waals surface area contributed by atoms with Crippen LogP contribution in [0.1, 0.15) is 10.5 Å². The van der Waals surface area contributed by atoms with Crippen molar-refractivity contribution in [2.45, 2.75) is 0 Å². The number of aromatic carboxylic acids is 1. The number of aromatic nitrogens is 3. The number of hydrogen-bond acceptors (Lipinski definition) is 5.